The molecule has 0 aromatic carbocycles. The van der Waals surface area contributed by atoms with E-state index < -0.39 is 5.72 Å². The van der Waals surface area contributed by atoms with Crippen molar-refractivity contribution in [3.05, 3.63) is 23.5 Å². The second-order valence-corrected chi connectivity index (χ2v) is 7.63. The van der Waals surface area contributed by atoms with E-state index >= 15 is 0 Å². The van der Waals surface area contributed by atoms with Crippen LogP contribution in [-0.2, 0) is 9.47 Å². The van der Waals surface area contributed by atoms with E-state index in [-0.39, 0.29) is 5.92 Å². The number of nitrogens with two attached hydrogens (primary N) is 1. The number of unbranched alkanes of at least 4 members (excludes halogenated alkanes) is 8. The Kier molecular flexibility index (Phi) is 8.86. The fourth-order valence-corrected chi connectivity index (χ4v) is 4.03. The van der Waals surface area contributed by atoms with E-state index in [1.165, 1.54) is 69.1 Å². The molecule has 2 unspecified atom stereocenters. The summed E-state index contributed by atoms with van der Waals surface area (Å²) in [4.78, 5) is 4.82. The fraction of sp³-hybridized carbons (Fsp3) is 0.773. The molecule has 0 spiro atoms. The predicted octanol–water partition coefficient (Wildman–Crippen LogP) is 5.14. The molecule has 26 heavy (non-hydrogen) atoms. The van der Waals surface area contributed by atoms with Crippen molar-refractivity contribution in [3.63, 3.8) is 0 Å². The summed E-state index contributed by atoms with van der Waals surface area (Å²) in [5, 5.41) is 0. The quantitative estimate of drug-likeness (QED) is 0.297. The second-order valence-electron chi connectivity index (χ2n) is 7.63. The van der Waals surface area contributed by atoms with Gasteiger partial charge in [-0.3, -0.25) is 10.7 Å². The van der Waals surface area contributed by atoms with Crippen molar-refractivity contribution in [1.29, 1.82) is 0 Å². The molecule has 2 aliphatic rings. The molecule has 0 amide bonds. The van der Waals surface area contributed by atoms with Crippen LogP contribution in [0.15, 0.2) is 28.5 Å². The van der Waals surface area contributed by atoms with Gasteiger partial charge in [-0.25, -0.2) is 0 Å². The molecule has 0 radical (unpaired) electrons. The number of hydrogen-bond donors (Lipinski definition) is 1. The van der Waals surface area contributed by atoms with Gasteiger partial charge in [-0.15, -0.1) is 0 Å². The first-order chi connectivity index (χ1) is 12.6. The molecule has 0 bridgehead atoms. The molecule has 2 rings (SSSR count). The summed E-state index contributed by atoms with van der Waals surface area (Å²) in [7, 11) is 3.29. The fourth-order valence-electron chi connectivity index (χ4n) is 4.03. The summed E-state index contributed by atoms with van der Waals surface area (Å²) in [5.74, 6) is 0.940. The van der Waals surface area contributed by atoms with Crippen LogP contribution in [0.5, 0.6) is 0 Å². The standard InChI is InChI=1S/C22H38N2O2/c1-4-5-6-7-8-9-10-11-12-13-20-19-16-21(25-2)22(23,26-3)17-18(19)14-15-24-20/h16-17,19H,4-15,23H2,1-3H3. The largest absolute Gasteiger partial charge is 0.496 e. The Labute approximate surface area is 159 Å². The van der Waals surface area contributed by atoms with E-state index in [9.17, 15) is 0 Å². The summed E-state index contributed by atoms with van der Waals surface area (Å²) in [6.45, 7) is 3.14. The molecule has 1 aliphatic heterocycles. The Bertz CT molecular complexity index is 524. The molecule has 1 aliphatic carbocycles. The first kappa shape index (κ1) is 21.2. The van der Waals surface area contributed by atoms with Crippen molar-refractivity contribution >= 4 is 5.71 Å². The van der Waals surface area contributed by atoms with Crippen LogP contribution in [0.4, 0.5) is 0 Å². The van der Waals surface area contributed by atoms with Crippen LogP contribution in [0, 0.1) is 5.92 Å². The maximum absolute atomic E-state index is 6.33. The maximum Gasteiger partial charge on any atom is 0.193 e. The summed E-state index contributed by atoms with van der Waals surface area (Å²) in [5.41, 5.74) is 8.02. The second kappa shape index (κ2) is 10.9. The zero-order valence-corrected chi connectivity index (χ0v) is 17.1. The third-order valence-corrected chi connectivity index (χ3v) is 5.67. The topological polar surface area (TPSA) is 56.8 Å². The maximum atomic E-state index is 6.33. The highest BCUT2D eigenvalue weighted by Gasteiger charge is 2.37. The van der Waals surface area contributed by atoms with Crippen molar-refractivity contribution < 1.29 is 9.47 Å². The highest BCUT2D eigenvalue weighted by Crippen LogP contribution is 2.35. The number of ether oxygens (including phenoxy) is 2. The van der Waals surface area contributed by atoms with Gasteiger partial charge in [0.1, 0.15) is 5.76 Å². The zero-order chi connectivity index (χ0) is 18.8. The third-order valence-electron chi connectivity index (χ3n) is 5.67. The average molecular weight is 363 g/mol. The minimum atomic E-state index is -0.930. The molecule has 4 nitrogen and oxygen atoms in total. The number of rotatable bonds is 12. The minimum absolute atomic E-state index is 0.250. The molecule has 4 heteroatoms. The molecule has 2 atom stereocenters. The van der Waals surface area contributed by atoms with Gasteiger partial charge >= 0.3 is 0 Å². The van der Waals surface area contributed by atoms with E-state index in [1.54, 1.807) is 14.2 Å². The lowest BCUT2D eigenvalue weighted by Crippen LogP contribution is -2.46. The molecule has 0 fully saturated rings. The van der Waals surface area contributed by atoms with Crippen molar-refractivity contribution in [2.24, 2.45) is 16.6 Å². The Balaban J connectivity index is 1.77. The van der Waals surface area contributed by atoms with Crippen LogP contribution in [0.1, 0.15) is 77.6 Å². The van der Waals surface area contributed by atoms with Crippen LogP contribution >= 0.6 is 0 Å². The molecule has 1 heterocycles. The Hall–Kier alpha value is -1.13. The van der Waals surface area contributed by atoms with E-state index in [2.05, 4.69) is 13.0 Å². The molecule has 0 aromatic heterocycles. The van der Waals surface area contributed by atoms with Gasteiger partial charge in [-0.1, -0.05) is 63.9 Å². The van der Waals surface area contributed by atoms with Crippen LogP contribution < -0.4 is 5.73 Å². The van der Waals surface area contributed by atoms with Gasteiger partial charge in [-0.05, 0) is 31.4 Å². The number of aliphatic imine (C=N–C) groups is 1. The van der Waals surface area contributed by atoms with Crippen molar-refractivity contribution in [2.75, 3.05) is 20.8 Å². The molecular weight excluding hydrogens is 324 g/mol. The summed E-state index contributed by atoms with van der Waals surface area (Å²) in [6.07, 6.45) is 18.4. The van der Waals surface area contributed by atoms with Crippen LogP contribution in [0.2, 0.25) is 0 Å². The summed E-state index contributed by atoms with van der Waals surface area (Å²) < 4.78 is 11.0. The van der Waals surface area contributed by atoms with Gasteiger partial charge in [-0.2, -0.15) is 0 Å². The van der Waals surface area contributed by atoms with Gasteiger partial charge < -0.3 is 9.47 Å². The Morgan fingerprint density at radius 1 is 1.08 bits per heavy atom. The predicted molar refractivity (Wildman–Crippen MR) is 109 cm³/mol. The zero-order valence-electron chi connectivity index (χ0n) is 17.1. The highest BCUT2D eigenvalue weighted by atomic mass is 16.5. The minimum Gasteiger partial charge on any atom is -0.496 e. The highest BCUT2D eigenvalue weighted by molar-refractivity contribution is 5.92. The normalized spacial score (nSPS) is 25.2. The van der Waals surface area contributed by atoms with Gasteiger partial charge in [0.25, 0.3) is 0 Å². The lowest BCUT2D eigenvalue weighted by Gasteiger charge is -2.36. The molecule has 0 saturated heterocycles. The van der Waals surface area contributed by atoms with Gasteiger partial charge in [0.15, 0.2) is 5.72 Å². The van der Waals surface area contributed by atoms with Gasteiger partial charge in [0.05, 0.1) is 7.11 Å². The molecular formula is C22H38N2O2. The number of fused-ring (bicyclic) bond motifs is 1. The first-order valence-corrected chi connectivity index (χ1v) is 10.5. The van der Waals surface area contributed by atoms with Gasteiger partial charge in [0.2, 0.25) is 0 Å². The van der Waals surface area contributed by atoms with E-state index in [0.29, 0.717) is 5.76 Å². The van der Waals surface area contributed by atoms with E-state index in [0.717, 1.165) is 19.4 Å². The number of nitrogens with zero attached hydrogens (tertiary/aromatic N) is 1. The van der Waals surface area contributed by atoms with Crippen molar-refractivity contribution in [3.8, 4) is 0 Å². The van der Waals surface area contributed by atoms with Crippen molar-refractivity contribution in [1.82, 2.24) is 0 Å². The number of allylic oxidation sites excluding steroid dienone is 1. The van der Waals surface area contributed by atoms with Crippen LogP contribution in [0.3, 0.4) is 0 Å². The Morgan fingerprint density at radius 2 is 1.73 bits per heavy atom. The third kappa shape index (κ3) is 5.68. The van der Waals surface area contributed by atoms with Crippen LogP contribution in [-0.4, -0.2) is 32.2 Å². The molecule has 148 valence electrons. The lowest BCUT2D eigenvalue weighted by atomic mass is 9.80. The molecule has 0 aromatic rings. The number of methoxy groups -OCH3 is 2. The molecule has 0 saturated carbocycles. The SMILES string of the molecule is CCCCCCCCCCCC1=NCCC2=CC(N)(OC)C(OC)=CC21. The lowest BCUT2D eigenvalue weighted by molar-refractivity contribution is 0.0192. The van der Waals surface area contributed by atoms with E-state index in [1.807, 2.05) is 6.08 Å². The van der Waals surface area contributed by atoms with Crippen molar-refractivity contribution in [2.45, 2.75) is 83.3 Å². The monoisotopic (exact) mass is 362 g/mol. The Morgan fingerprint density at radius 3 is 2.35 bits per heavy atom. The number of hydrogen-bond acceptors (Lipinski definition) is 4. The first-order valence-electron chi connectivity index (χ1n) is 10.5. The smallest absolute Gasteiger partial charge is 0.193 e. The summed E-state index contributed by atoms with van der Waals surface area (Å²) >= 11 is 0. The summed E-state index contributed by atoms with van der Waals surface area (Å²) in [6, 6.07) is 0. The average Bonchev–Trinajstić information content (AvgIpc) is 2.66. The van der Waals surface area contributed by atoms with Gasteiger partial charge in [0, 0.05) is 25.3 Å². The molecule has 2 N–H and O–H groups in total. The van der Waals surface area contributed by atoms with Crippen LogP contribution in [0.25, 0.3) is 0 Å². The van der Waals surface area contributed by atoms with E-state index in [4.69, 9.17) is 20.2 Å².